The molecule has 7 nitrogen and oxygen atoms in total. The summed E-state index contributed by atoms with van der Waals surface area (Å²) in [6, 6.07) is 0. The normalized spacial score (nSPS) is 14.4. The number of carbonyl (C=O) groups excluding carboxylic acids is 1. The van der Waals surface area contributed by atoms with Gasteiger partial charge in [0.05, 0.1) is 6.54 Å². The number of nitrogens with one attached hydrogen (secondary N) is 2. The molecule has 60 valence electrons. The monoisotopic (exact) mass is 157 g/mol. The Morgan fingerprint density at radius 3 is 2.73 bits per heavy atom. The number of H-pyrrole nitrogens is 1. The summed E-state index contributed by atoms with van der Waals surface area (Å²) >= 11 is 0. The van der Waals surface area contributed by atoms with Gasteiger partial charge < -0.3 is 10.1 Å². The molecule has 1 saturated heterocycles. The van der Waals surface area contributed by atoms with Gasteiger partial charge in [-0.05, 0) is 0 Å². The highest BCUT2D eigenvalue weighted by molar-refractivity contribution is 5.68. The summed E-state index contributed by atoms with van der Waals surface area (Å²) in [6.45, 7) is 1.19. The first-order valence-corrected chi connectivity index (χ1v) is 2.96. The molecule has 1 aliphatic heterocycles. The van der Waals surface area contributed by atoms with Gasteiger partial charge in [0, 0.05) is 0 Å². The van der Waals surface area contributed by atoms with E-state index in [9.17, 15) is 4.79 Å². The lowest BCUT2D eigenvalue weighted by atomic mass is 10.7. The fourth-order valence-electron chi connectivity index (χ4n) is 0.477. The number of carbonyl (C=O) groups is 1. The van der Waals surface area contributed by atoms with Crippen LogP contribution in [0, 0.1) is 0 Å². The van der Waals surface area contributed by atoms with Crippen LogP contribution in [0.1, 0.15) is 0 Å². The van der Waals surface area contributed by atoms with Gasteiger partial charge in [-0.25, -0.2) is 4.79 Å². The van der Waals surface area contributed by atoms with E-state index in [-0.39, 0.29) is 6.09 Å². The van der Waals surface area contributed by atoms with Crippen molar-refractivity contribution >= 4 is 6.09 Å². The molecule has 2 N–H and O–H groups in total. The van der Waals surface area contributed by atoms with E-state index in [0.717, 1.165) is 0 Å². The average molecular weight is 157 g/mol. The highest BCUT2D eigenvalue weighted by Crippen LogP contribution is 1.82. The van der Waals surface area contributed by atoms with Gasteiger partial charge in [-0.1, -0.05) is 5.21 Å². The lowest BCUT2D eigenvalue weighted by molar-refractivity contribution is 0.178. The zero-order valence-corrected chi connectivity index (χ0v) is 5.65. The van der Waals surface area contributed by atoms with Crippen LogP contribution in [0.15, 0.2) is 6.33 Å². The molecule has 0 unspecified atom stereocenters. The largest absolute Gasteiger partial charge is 0.448 e. The fraction of sp³-hybridized carbons (Fsp3) is 0.500. The van der Waals surface area contributed by atoms with Crippen LogP contribution in [-0.4, -0.2) is 39.9 Å². The fourth-order valence-corrected chi connectivity index (χ4v) is 0.477. The zero-order valence-electron chi connectivity index (χ0n) is 5.65. The van der Waals surface area contributed by atoms with Gasteiger partial charge in [-0.3, -0.25) is 0 Å². The van der Waals surface area contributed by atoms with Gasteiger partial charge in [0.25, 0.3) is 0 Å². The molecule has 0 aromatic carbocycles. The number of aromatic nitrogens is 4. The Bertz CT molecular complexity index is 173. The molecule has 1 fully saturated rings. The van der Waals surface area contributed by atoms with Crippen LogP contribution in [0.3, 0.4) is 0 Å². The minimum atomic E-state index is -0.296. The Morgan fingerprint density at radius 2 is 2.55 bits per heavy atom. The van der Waals surface area contributed by atoms with Gasteiger partial charge in [0.15, 0.2) is 6.33 Å². The number of amides is 1. The molecule has 1 aliphatic rings. The molecular formula is C4H7N5O2. The number of nitrogens with zero attached hydrogens (tertiary/aromatic N) is 3. The topological polar surface area (TPSA) is 92.8 Å². The molecule has 0 aliphatic carbocycles. The zero-order chi connectivity index (χ0) is 7.94. The van der Waals surface area contributed by atoms with Crippen LogP contribution in [0.4, 0.5) is 4.79 Å². The third-order valence-electron chi connectivity index (χ3n) is 0.874. The number of rotatable bonds is 0. The number of alkyl carbamates (subject to hydrolysis) is 1. The second-order valence-corrected chi connectivity index (χ2v) is 1.62. The minimum absolute atomic E-state index is 0.296. The molecule has 1 aromatic rings. The van der Waals surface area contributed by atoms with Crippen molar-refractivity contribution < 1.29 is 9.53 Å². The first-order chi connectivity index (χ1) is 5.39. The summed E-state index contributed by atoms with van der Waals surface area (Å²) in [7, 11) is 0. The van der Waals surface area contributed by atoms with Crippen LogP contribution in [0.2, 0.25) is 0 Å². The van der Waals surface area contributed by atoms with Gasteiger partial charge >= 0.3 is 6.09 Å². The van der Waals surface area contributed by atoms with Crippen molar-refractivity contribution in [3.05, 3.63) is 6.33 Å². The highest BCUT2D eigenvalue weighted by atomic mass is 16.6. The second kappa shape index (κ2) is 4.20. The van der Waals surface area contributed by atoms with Crippen molar-refractivity contribution in [3.63, 3.8) is 0 Å². The van der Waals surface area contributed by atoms with Gasteiger partial charge in [0.1, 0.15) is 6.61 Å². The smallest absolute Gasteiger partial charge is 0.407 e. The van der Waals surface area contributed by atoms with Crippen LogP contribution >= 0.6 is 0 Å². The molecule has 1 aromatic heterocycles. The summed E-state index contributed by atoms with van der Waals surface area (Å²) < 4.78 is 4.40. The van der Waals surface area contributed by atoms with Gasteiger partial charge in [-0.15, -0.1) is 10.2 Å². The van der Waals surface area contributed by atoms with Gasteiger partial charge in [-0.2, -0.15) is 5.21 Å². The number of aromatic amines is 1. The Labute approximate surface area is 62.1 Å². The molecule has 1 amide bonds. The molecule has 0 atom stereocenters. The van der Waals surface area contributed by atoms with Crippen molar-refractivity contribution in [2.75, 3.05) is 13.2 Å². The van der Waals surface area contributed by atoms with Crippen molar-refractivity contribution in [1.29, 1.82) is 0 Å². The predicted octanol–water partition coefficient (Wildman–Crippen LogP) is -1.07. The molecule has 2 heterocycles. The number of hydrogen-bond donors (Lipinski definition) is 2. The summed E-state index contributed by atoms with van der Waals surface area (Å²) in [4.78, 5) is 9.91. The van der Waals surface area contributed by atoms with Crippen molar-refractivity contribution in [2.45, 2.75) is 0 Å². The first kappa shape index (κ1) is 7.45. The quantitative estimate of drug-likeness (QED) is 0.500. The summed E-state index contributed by atoms with van der Waals surface area (Å²) in [6.07, 6.45) is 1.04. The molecule has 11 heavy (non-hydrogen) atoms. The average Bonchev–Trinajstić information content (AvgIpc) is 2.57. The highest BCUT2D eigenvalue weighted by Gasteiger charge is 2.06. The second-order valence-electron chi connectivity index (χ2n) is 1.62. The summed E-state index contributed by atoms with van der Waals surface area (Å²) in [5.41, 5.74) is 0. The van der Waals surface area contributed by atoms with Crippen molar-refractivity contribution in [1.82, 2.24) is 25.9 Å². The number of ether oxygens (including phenoxy) is 1. The summed E-state index contributed by atoms with van der Waals surface area (Å²) in [5.74, 6) is 0. The van der Waals surface area contributed by atoms with Crippen LogP contribution in [0.5, 0.6) is 0 Å². The van der Waals surface area contributed by atoms with E-state index in [0.29, 0.717) is 13.2 Å². The third-order valence-corrected chi connectivity index (χ3v) is 0.874. The standard InChI is InChI=1S/C3H5NO2.CH2N4/c5-3-4-1-2-6-3;1-2-4-5-3-1/h1-2H2,(H,4,5);1H,(H,2,3,4,5). The Morgan fingerprint density at radius 1 is 1.64 bits per heavy atom. The third kappa shape index (κ3) is 3.14. The number of cyclic esters (lactones) is 1. The SMILES string of the molecule is O=C1NCCO1.c1nn[nH]n1. The number of hydrogen-bond acceptors (Lipinski definition) is 5. The van der Waals surface area contributed by atoms with E-state index in [4.69, 9.17) is 0 Å². The maximum atomic E-state index is 9.91. The van der Waals surface area contributed by atoms with E-state index in [1.54, 1.807) is 0 Å². The van der Waals surface area contributed by atoms with E-state index >= 15 is 0 Å². The Kier molecular flexibility index (Phi) is 2.85. The van der Waals surface area contributed by atoms with E-state index in [2.05, 4.69) is 30.7 Å². The molecule has 0 radical (unpaired) electrons. The first-order valence-electron chi connectivity index (χ1n) is 2.96. The van der Waals surface area contributed by atoms with E-state index in [1.165, 1.54) is 6.33 Å². The predicted molar refractivity (Wildman–Crippen MR) is 33.5 cm³/mol. The van der Waals surface area contributed by atoms with Crippen LogP contribution in [0.25, 0.3) is 0 Å². The molecule has 7 heteroatoms. The molecule has 0 spiro atoms. The van der Waals surface area contributed by atoms with Crippen LogP contribution in [-0.2, 0) is 4.74 Å². The van der Waals surface area contributed by atoms with Crippen LogP contribution < -0.4 is 5.32 Å². The van der Waals surface area contributed by atoms with E-state index < -0.39 is 0 Å². The van der Waals surface area contributed by atoms with E-state index in [1.807, 2.05) is 0 Å². The van der Waals surface area contributed by atoms with Crippen molar-refractivity contribution in [3.8, 4) is 0 Å². The lowest BCUT2D eigenvalue weighted by Crippen LogP contribution is -2.11. The molecule has 0 saturated carbocycles. The molecule has 0 bridgehead atoms. The lowest BCUT2D eigenvalue weighted by Gasteiger charge is -1.80. The minimum Gasteiger partial charge on any atom is -0.448 e. The molecular weight excluding hydrogens is 150 g/mol. The maximum absolute atomic E-state index is 9.91. The summed E-state index contributed by atoms with van der Waals surface area (Å²) in [5, 5.41) is 14.6. The van der Waals surface area contributed by atoms with Crippen molar-refractivity contribution in [2.24, 2.45) is 0 Å². The molecule has 2 rings (SSSR count). The van der Waals surface area contributed by atoms with Gasteiger partial charge in [0.2, 0.25) is 0 Å². The maximum Gasteiger partial charge on any atom is 0.407 e. The Hall–Kier alpha value is -1.66. The number of tetrazole rings is 1. The Balaban J connectivity index is 0.000000112.